The Morgan fingerprint density at radius 3 is 2.36 bits per heavy atom. The zero-order valence-electron chi connectivity index (χ0n) is 8.10. The number of rotatable bonds is 6. The number of hydrogen-bond acceptors (Lipinski definition) is 2. The van der Waals surface area contributed by atoms with Gasteiger partial charge in [-0.25, -0.2) is 0 Å². The van der Waals surface area contributed by atoms with Crippen LogP contribution in [0.3, 0.4) is 0 Å². The van der Waals surface area contributed by atoms with Gasteiger partial charge in [0, 0.05) is 0 Å². The van der Waals surface area contributed by atoms with Crippen molar-refractivity contribution in [1.29, 1.82) is 0 Å². The Morgan fingerprint density at radius 1 is 1.36 bits per heavy atom. The molecule has 6 heteroatoms. The molecule has 0 aromatic heterocycles. The van der Waals surface area contributed by atoms with Gasteiger partial charge < -0.3 is 5.73 Å². The Kier molecular flexibility index (Phi) is 6.03. The monoisotopic (exact) mass is 228 g/mol. The molecule has 0 aliphatic rings. The molecule has 2 N–H and O–H groups in total. The average Bonchev–Trinajstić information content (AvgIpc) is 1.94. The lowest BCUT2D eigenvalue weighted by molar-refractivity contribution is -0.143. The summed E-state index contributed by atoms with van der Waals surface area (Å²) in [6.07, 6.45) is -2.07. The van der Waals surface area contributed by atoms with Crippen LogP contribution in [0.5, 0.6) is 0 Å². The van der Waals surface area contributed by atoms with Crippen molar-refractivity contribution in [3.05, 3.63) is 0 Å². The summed E-state index contributed by atoms with van der Waals surface area (Å²) in [4.78, 5) is 1.67. The Bertz CT molecular complexity index is 182. The van der Waals surface area contributed by atoms with Gasteiger partial charge in [-0.1, -0.05) is 12.2 Å². The van der Waals surface area contributed by atoms with E-state index in [1.807, 2.05) is 0 Å². The first-order valence-electron chi connectivity index (χ1n) is 4.35. The lowest BCUT2D eigenvalue weighted by Crippen LogP contribution is -2.31. The van der Waals surface area contributed by atoms with Crippen LogP contribution in [0.2, 0.25) is 0 Å². The van der Waals surface area contributed by atoms with Crippen LogP contribution >= 0.6 is 12.2 Å². The van der Waals surface area contributed by atoms with Gasteiger partial charge in [-0.3, -0.25) is 4.90 Å². The average molecular weight is 228 g/mol. The smallest absolute Gasteiger partial charge is 0.393 e. The van der Waals surface area contributed by atoms with Crippen molar-refractivity contribution in [3.63, 3.8) is 0 Å². The molecular weight excluding hydrogens is 213 g/mol. The third-order valence-electron chi connectivity index (χ3n) is 1.66. The van der Waals surface area contributed by atoms with Crippen molar-refractivity contribution in [2.75, 3.05) is 20.1 Å². The first-order valence-corrected chi connectivity index (χ1v) is 4.75. The molecule has 0 bridgehead atoms. The van der Waals surface area contributed by atoms with E-state index in [4.69, 9.17) is 5.73 Å². The summed E-state index contributed by atoms with van der Waals surface area (Å²) in [5, 5.41) is 0. The summed E-state index contributed by atoms with van der Waals surface area (Å²) in [5.41, 5.74) is 5.25. The van der Waals surface area contributed by atoms with E-state index >= 15 is 0 Å². The highest BCUT2D eigenvalue weighted by Gasteiger charge is 2.28. The van der Waals surface area contributed by atoms with Crippen molar-refractivity contribution in [3.8, 4) is 0 Å². The first-order chi connectivity index (χ1) is 6.31. The molecule has 0 unspecified atom stereocenters. The lowest BCUT2D eigenvalue weighted by atomic mass is 10.2. The molecule has 0 aromatic rings. The van der Waals surface area contributed by atoms with E-state index in [9.17, 15) is 13.2 Å². The van der Waals surface area contributed by atoms with Gasteiger partial charge in [0.1, 0.15) is 0 Å². The van der Waals surface area contributed by atoms with Gasteiger partial charge in [0.15, 0.2) is 0 Å². The minimum atomic E-state index is -4.11. The maximum Gasteiger partial charge on any atom is 0.401 e. The quantitative estimate of drug-likeness (QED) is 0.556. The van der Waals surface area contributed by atoms with Crippen molar-refractivity contribution < 1.29 is 13.2 Å². The Hall–Kier alpha value is -0.360. The van der Waals surface area contributed by atoms with E-state index in [2.05, 4.69) is 12.2 Å². The largest absolute Gasteiger partial charge is 0.401 e. The topological polar surface area (TPSA) is 29.3 Å². The fourth-order valence-electron chi connectivity index (χ4n) is 1.07. The molecule has 0 saturated heterocycles. The van der Waals surface area contributed by atoms with Crippen LogP contribution in [0, 0.1) is 0 Å². The number of alkyl halides is 3. The normalized spacial score (nSPS) is 12.1. The van der Waals surface area contributed by atoms with Crippen molar-refractivity contribution >= 4 is 17.2 Å². The maximum atomic E-state index is 11.9. The van der Waals surface area contributed by atoms with Gasteiger partial charge in [-0.2, -0.15) is 13.2 Å². The van der Waals surface area contributed by atoms with Crippen LogP contribution < -0.4 is 5.73 Å². The molecule has 0 radical (unpaired) electrons. The van der Waals surface area contributed by atoms with E-state index < -0.39 is 12.7 Å². The van der Waals surface area contributed by atoms with Gasteiger partial charge in [0.25, 0.3) is 0 Å². The zero-order valence-corrected chi connectivity index (χ0v) is 8.92. The molecule has 2 nitrogen and oxygen atoms in total. The summed E-state index contributed by atoms with van der Waals surface area (Å²) in [6, 6.07) is 0. The summed E-state index contributed by atoms with van der Waals surface area (Å²) in [6.45, 7) is -0.442. The van der Waals surface area contributed by atoms with Crippen LogP contribution in [-0.4, -0.2) is 36.2 Å². The number of thiocarbonyl (C=S) groups is 1. The van der Waals surface area contributed by atoms with Gasteiger partial charge in [-0.15, -0.1) is 0 Å². The van der Waals surface area contributed by atoms with Crippen LogP contribution in [0.25, 0.3) is 0 Å². The molecule has 0 fully saturated rings. The summed E-state index contributed by atoms with van der Waals surface area (Å²) >= 11 is 4.65. The summed E-state index contributed by atoms with van der Waals surface area (Å²) in [7, 11) is 1.45. The van der Waals surface area contributed by atoms with Crippen LogP contribution in [0.1, 0.15) is 19.3 Å². The molecule has 0 amide bonds. The minimum Gasteiger partial charge on any atom is -0.393 e. The van der Waals surface area contributed by atoms with E-state index in [-0.39, 0.29) is 0 Å². The second-order valence-electron chi connectivity index (χ2n) is 3.28. The minimum absolute atomic E-state index is 0.419. The first kappa shape index (κ1) is 13.6. The fourth-order valence-corrected chi connectivity index (χ4v) is 1.21. The number of unbranched alkanes of at least 4 members (excludes halogenated alkanes) is 1. The van der Waals surface area contributed by atoms with E-state index in [1.54, 1.807) is 0 Å². The highest BCUT2D eigenvalue weighted by Crippen LogP contribution is 2.15. The van der Waals surface area contributed by atoms with Gasteiger partial charge in [0.2, 0.25) is 0 Å². The van der Waals surface area contributed by atoms with Crippen LogP contribution in [0.4, 0.5) is 13.2 Å². The SMILES string of the molecule is CN(CCCCC(N)=S)CC(F)(F)F. The molecule has 0 aliphatic heterocycles. The highest BCUT2D eigenvalue weighted by molar-refractivity contribution is 7.80. The summed E-state index contributed by atoms with van der Waals surface area (Å²) < 4.78 is 35.6. The number of nitrogens with two attached hydrogens (primary N) is 1. The Labute approximate surface area is 87.2 Å². The predicted octanol–water partition coefficient (Wildman–Crippen LogP) is 1.94. The number of halogens is 3. The van der Waals surface area contributed by atoms with Gasteiger partial charge in [0.05, 0.1) is 11.5 Å². The number of nitrogens with zero attached hydrogens (tertiary/aromatic N) is 1. The summed E-state index contributed by atoms with van der Waals surface area (Å²) in [5.74, 6) is 0. The fraction of sp³-hybridized carbons (Fsp3) is 0.875. The molecule has 84 valence electrons. The molecule has 0 spiro atoms. The second kappa shape index (κ2) is 6.19. The molecule has 0 aliphatic carbocycles. The molecular formula is C8H15F3N2S. The van der Waals surface area contributed by atoms with Gasteiger partial charge >= 0.3 is 6.18 Å². The third kappa shape index (κ3) is 9.73. The van der Waals surface area contributed by atoms with Crippen molar-refractivity contribution in [2.24, 2.45) is 5.73 Å². The van der Waals surface area contributed by atoms with E-state index in [0.29, 0.717) is 24.4 Å². The molecule has 0 aromatic carbocycles. The van der Waals surface area contributed by atoms with Crippen molar-refractivity contribution in [2.45, 2.75) is 25.4 Å². The highest BCUT2D eigenvalue weighted by atomic mass is 32.1. The third-order valence-corrected chi connectivity index (χ3v) is 1.87. The molecule has 0 rings (SSSR count). The van der Waals surface area contributed by atoms with E-state index in [0.717, 1.165) is 6.42 Å². The Morgan fingerprint density at radius 2 is 1.93 bits per heavy atom. The molecule has 0 heterocycles. The maximum absolute atomic E-state index is 11.9. The Balaban J connectivity index is 3.45. The predicted molar refractivity (Wildman–Crippen MR) is 54.2 cm³/mol. The zero-order chi connectivity index (χ0) is 11.2. The molecule has 0 saturated carbocycles. The van der Waals surface area contributed by atoms with E-state index in [1.165, 1.54) is 11.9 Å². The standard InChI is InChI=1S/C8H15F3N2S/c1-13(6-8(9,10)11)5-3-2-4-7(12)14/h2-6H2,1H3,(H2,12,14). The molecule has 14 heavy (non-hydrogen) atoms. The van der Waals surface area contributed by atoms with Gasteiger partial charge in [-0.05, 0) is 32.9 Å². The lowest BCUT2D eigenvalue weighted by Gasteiger charge is -2.17. The van der Waals surface area contributed by atoms with Crippen LogP contribution in [-0.2, 0) is 0 Å². The molecule has 0 atom stereocenters. The van der Waals surface area contributed by atoms with Crippen LogP contribution in [0.15, 0.2) is 0 Å². The number of hydrogen-bond donors (Lipinski definition) is 1. The van der Waals surface area contributed by atoms with Crippen molar-refractivity contribution in [1.82, 2.24) is 4.90 Å². The second-order valence-corrected chi connectivity index (χ2v) is 3.80.